The van der Waals surface area contributed by atoms with Crippen LogP contribution in [0.15, 0.2) is 30.4 Å². The van der Waals surface area contributed by atoms with Crippen molar-refractivity contribution in [3.05, 3.63) is 41.5 Å². The highest BCUT2D eigenvalue weighted by Crippen LogP contribution is 2.47. The fraction of sp³-hybridized carbons (Fsp3) is 0.609. The Bertz CT molecular complexity index is 671. The lowest BCUT2D eigenvalue weighted by Crippen LogP contribution is -2.26. The lowest BCUT2D eigenvalue weighted by Gasteiger charge is -2.31. The molecule has 0 aromatic heterocycles. The molecule has 2 N–H and O–H groups in total. The first-order valence-electron chi connectivity index (χ1n) is 10.5. The van der Waals surface area contributed by atoms with Gasteiger partial charge in [0, 0.05) is 5.92 Å². The topological polar surface area (TPSA) is 76.0 Å². The van der Waals surface area contributed by atoms with Gasteiger partial charge in [-0.15, -0.1) is 0 Å². The summed E-state index contributed by atoms with van der Waals surface area (Å²) < 4.78 is 10.3. The van der Waals surface area contributed by atoms with Crippen molar-refractivity contribution in [2.45, 2.75) is 64.1 Å². The van der Waals surface area contributed by atoms with Crippen molar-refractivity contribution in [3.63, 3.8) is 0 Å². The molecular formula is C23H32O5. The van der Waals surface area contributed by atoms with E-state index in [1.165, 1.54) is 5.56 Å². The highest BCUT2D eigenvalue weighted by molar-refractivity contribution is 5.43. The summed E-state index contributed by atoms with van der Waals surface area (Å²) in [7, 11) is 0. The number of hydrogen-bond acceptors (Lipinski definition) is 5. The van der Waals surface area contributed by atoms with Gasteiger partial charge in [-0.05, 0) is 54.7 Å². The first-order valence-corrected chi connectivity index (χ1v) is 10.5. The number of aliphatic hydroxyl groups excluding tert-OH is 2. The number of hydrogen-bond donors (Lipinski definition) is 2. The third-order valence-electron chi connectivity index (χ3n) is 6.25. The Morgan fingerprint density at radius 1 is 1.29 bits per heavy atom. The largest absolute Gasteiger partial charge is 0.457 e. The van der Waals surface area contributed by atoms with E-state index >= 15 is 0 Å². The van der Waals surface area contributed by atoms with E-state index in [1.54, 1.807) is 0 Å². The predicted octanol–water partition coefficient (Wildman–Crippen LogP) is 3.41. The lowest BCUT2D eigenvalue weighted by atomic mass is 9.74. The Morgan fingerprint density at radius 3 is 2.93 bits per heavy atom. The van der Waals surface area contributed by atoms with Crippen molar-refractivity contribution in [3.8, 4) is 5.75 Å². The molecule has 28 heavy (non-hydrogen) atoms. The van der Waals surface area contributed by atoms with Gasteiger partial charge in [0.15, 0.2) is 0 Å². The van der Waals surface area contributed by atoms with Crippen LogP contribution in [0.25, 0.3) is 0 Å². The smallest absolute Gasteiger partial charge is 0.295 e. The van der Waals surface area contributed by atoms with Crippen LogP contribution in [0.2, 0.25) is 0 Å². The zero-order valence-corrected chi connectivity index (χ0v) is 16.6. The second-order valence-corrected chi connectivity index (χ2v) is 8.08. The Hall–Kier alpha value is -1.85. The molecule has 0 saturated heterocycles. The number of fused-ring (bicyclic) bond motifs is 2. The fourth-order valence-corrected chi connectivity index (χ4v) is 4.82. The molecule has 1 aromatic rings. The van der Waals surface area contributed by atoms with Crippen LogP contribution >= 0.6 is 0 Å². The van der Waals surface area contributed by atoms with Crippen molar-refractivity contribution in [2.24, 2.45) is 17.8 Å². The quantitative estimate of drug-likeness (QED) is 0.278. The fourth-order valence-electron chi connectivity index (χ4n) is 4.82. The maximum Gasteiger partial charge on any atom is 0.295 e. The van der Waals surface area contributed by atoms with Gasteiger partial charge < -0.3 is 19.7 Å². The van der Waals surface area contributed by atoms with Crippen LogP contribution in [0.5, 0.6) is 5.75 Å². The van der Waals surface area contributed by atoms with Gasteiger partial charge in [-0.3, -0.25) is 4.79 Å². The minimum atomic E-state index is -0.425. The molecule has 0 heterocycles. The summed E-state index contributed by atoms with van der Waals surface area (Å²) in [4.78, 5) is 10.3. The summed E-state index contributed by atoms with van der Waals surface area (Å²) >= 11 is 0. The number of ether oxygens (including phenoxy) is 2. The SMILES string of the molecule is CCCCC[C@H](O)/C=C/[C@H]1[C@H](O)CC2Cc3c(cccc3OCOC=O)C[C@@H]21. The highest BCUT2D eigenvalue weighted by Gasteiger charge is 2.44. The van der Waals surface area contributed by atoms with Gasteiger partial charge in [0.1, 0.15) is 5.75 Å². The molecule has 3 rings (SSSR count). The van der Waals surface area contributed by atoms with E-state index in [0.29, 0.717) is 18.3 Å². The second kappa shape index (κ2) is 10.1. The van der Waals surface area contributed by atoms with Crippen LogP contribution in [-0.2, 0) is 22.4 Å². The third-order valence-corrected chi connectivity index (χ3v) is 6.25. The molecule has 5 atom stereocenters. The maximum atomic E-state index is 10.6. The molecule has 0 spiro atoms. The van der Waals surface area contributed by atoms with Gasteiger partial charge in [-0.2, -0.15) is 0 Å². The van der Waals surface area contributed by atoms with E-state index in [1.807, 2.05) is 18.2 Å². The number of aliphatic hydroxyl groups is 2. The molecular weight excluding hydrogens is 356 g/mol. The number of unbranched alkanes of at least 4 members (excludes halogenated alkanes) is 2. The molecule has 0 radical (unpaired) electrons. The Kier molecular flexibility index (Phi) is 7.51. The molecule has 1 unspecified atom stereocenters. The monoisotopic (exact) mass is 388 g/mol. The molecule has 1 fully saturated rings. The van der Waals surface area contributed by atoms with Crippen LogP contribution in [-0.4, -0.2) is 35.7 Å². The summed E-state index contributed by atoms with van der Waals surface area (Å²) in [6.07, 6.45) is 9.77. The predicted molar refractivity (Wildman–Crippen MR) is 107 cm³/mol. The molecule has 0 aliphatic heterocycles. The van der Waals surface area contributed by atoms with Gasteiger partial charge in [0.25, 0.3) is 6.47 Å². The van der Waals surface area contributed by atoms with Gasteiger partial charge in [0.05, 0.1) is 12.2 Å². The Labute approximate surface area is 167 Å². The van der Waals surface area contributed by atoms with E-state index < -0.39 is 6.10 Å². The minimum Gasteiger partial charge on any atom is -0.457 e. The number of carbonyl (C=O) groups excluding carboxylic acids is 1. The van der Waals surface area contributed by atoms with Crippen LogP contribution in [0.4, 0.5) is 0 Å². The summed E-state index contributed by atoms with van der Waals surface area (Å²) in [6, 6.07) is 5.98. The molecule has 5 heteroatoms. The highest BCUT2D eigenvalue weighted by atomic mass is 16.7. The Morgan fingerprint density at radius 2 is 2.14 bits per heavy atom. The van der Waals surface area contributed by atoms with Gasteiger partial charge in [-0.1, -0.05) is 50.5 Å². The molecule has 1 aromatic carbocycles. The second-order valence-electron chi connectivity index (χ2n) is 8.08. The molecule has 1 saturated carbocycles. The minimum absolute atomic E-state index is 0.0851. The molecule has 154 valence electrons. The summed E-state index contributed by atoms with van der Waals surface area (Å²) in [5, 5.41) is 20.8. The van der Waals surface area contributed by atoms with Crippen LogP contribution in [0.1, 0.15) is 50.2 Å². The van der Waals surface area contributed by atoms with E-state index in [9.17, 15) is 15.0 Å². The molecule has 2 aliphatic rings. The van der Waals surface area contributed by atoms with E-state index in [0.717, 1.165) is 56.3 Å². The number of rotatable bonds is 10. The Balaban J connectivity index is 1.67. The third kappa shape index (κ3) is 4.95. The lowest BCUT2D eigenvalue weighted by molar-refractivity contribution is -0.134. The molecule has 0 bridgehead atoms. The van der Waals surface area contributed by atoms with Gasteiger partial charge >= 0.3 is 0 Å². The number of benzene rings is 1. The van der Waals surface area contributed by atoms with Crippen LogP contribution < -0.4 is 4.74 Å². The maximum absolute atomic E-state index is 10.6. The van der Waals surface area contributed by atoms with Crippen molar-refractivity contribution >= 4 is 6.47 Å². The summed E-state index contributed by atoms with van der Waals surface area (Å²) in [5.41, 5.74) is 2.40. The van der Waals surface area contributed by atoms with Crippen LogP contribution in [0, 0.1) is 17.8 Å². The molecule has 0 amide bonds. The van der Waals surface area contributed by atoms with E-state index in [4.69, 9.17) is 4.74 Å². The van der Waals surface area contributed by atoms with E-state index in [2.05, 4.69) is 23.8 Å². The van der Waals surface area contributed by atoms with Crippen molar-refractivity contribution < 1.29 is 24.5 Å². The van der Waals surface area contributed by atoms with Crippen molar-refractivity contribution in [2.75, 3.05) is 6.79 Å². The first kappa shape index (κ1) is 20.9. The average Bonchev–Trinajstić information content (AvgIpc) is 2.99. The summed E-state index contributed by atoms with van der Waals surface area (Å²) in [5.74, 6) is 1.62. The van der Waals surface area contributed by atoms with Crippen molar-refractivity contribution in [1.29, 1.82) is 0 Å². The van der Waals surface area contributed by atoms with Crippen molar-refractivity contribution in [1.82, 2.24) is 0 Å². The molecule has 2 aliphatic carbocycles. The summed E-state index contributed by atoms with van der Waals surface area (Å²) in [6.45, 7) is 2.45. The normalized spacial score (nSPS) is 27.2. The first-order chi connectivity index (χ1) is 13.6. The van der Waals surface area contributed by atoms with Gasteiger partial charge in [0.2, 0.25) is 6.79 Å². The van der Waals surface area contributed by atoms with Gasteiger partial charge in [-0.25, -0.2) is 0 Å². The zero-order chi connectivity index (χ0) is 19.9. The number of carbonyl (C=O) groups is 1. The standard InChI is InChI=1S/C23H32O5/c1-2-3-4-7-18(25)9-10-19-20-11-16-6-5-8-23(28-15-27-14-24)21(16)12-17(20)13-22(19)26/h5-6,8-10,14,17-20,22,25-26H,2-4,7,11-13,15H2,1H3/b10-9+/t17?,18-,19+,20-,22+/m0/s1. The van der Waals surface area contributed by atoms with Crippen LogP contribution in [0.3, 0.4) is 0 Å². The zero-order valence-electron chi connectivity index (χ0n) is 16.6. The molecule has 5 nitrogen and oxygen atoms in total. The average molecular weight is 389 g/mol. The van der Waals surface area contributed by atoms with E-state index in [-0.39, 0.29) is 18.8 Å².